The third-order valence-corrected chi connectivity index (χ3v) is 2.23. The van der Waals surface area contributed by atoms with E-state index in [2.05, 4.69) is 4.98 Å². The van der Waals surface area contributed by atoms with E-state index in [-0.39, 0.29) is 5.69 Å². The molecule has 0 N–H and O–H groups in total. The zero-order valence-electron chi connectivity index (χ0n) is 7.25. The molecule has 0 saturated carbocycles. The largest absolute Gasteiger partial charge is 0.493 e. The van der Waals surface area contributed by atoms with Gasteiger partial charge in [-0.15, -0.1) is 0 Å². The Morgan fingerprint density at radius 2 is 2.43 bits per heavy atom. The molecule has 0 spiro atoms. The first kappa shape index (κ1) is 7.37. The molecule has 0 fully saturated rings. The smallest absolute Gasteiger partial charge is 0.353 e. The predicted octanol–water partition coefficient (Wildman–Crippen LogP) is 0.454. The number of nitrogens with zero attached hydrogens (tertiary/aromatic N) is 3. The molecule has 3 heterocycles. The van der Waals surface area contributed by atoms with Crippen molar-refractivity contribution in [3.63, 3.8) is 0 Å². The summed E-state index contributed by atoms with van der Waals surface area (Å²) in [5, 5.41) is 0. The highest BCUT2D eigenvalue weighted by atomic mass is 16.5. The van der Waals surface area contributed by atoms with Gasteiger partial charge in [0.25, 0.3) is 0 Å². The van der Waals surface area contributed by atoms with Crippen LogP contribution in [0, 0.1) is 0 Å². The van der Waals surface area contributed by atoms with Gasteiger partial charge < -0.3 is 4.74 Å². The lowest BCUT2D eigenvalue weighted by Crippen LogP contribution is -2.14. The second-order valence-electron chi connectivity index (χ2n) is 3.04. The predicted molar refractivity (Wildman–Crippen MR) is 49.6 cm³/mol. The van der Waals surface area contributed by atoms with Gasteiger partial charge in [0.15, 0.2) is 0 Å². The summed E-state index contributed by atoms with van der Waals surface area (Å²) in [6, 6.07) is 1.79. The van der Waals surface area contributed by atoms with E-state index in [1.165, 1.54) is 10.6 Å². The van der Waals surface area contributed by atoms with Crippen LogP contribution >= 0.6 is 0 Å². The van der Waals surface area contributed by atoms with Crippen molar-refractivity contribution in [1.29, 1.82) is 0 Å². The lowest BCUT2D eigenvalue weighted by molar-refractivity contribution is 0.225. The van der Waals surface area contributed by atoms with E-state index in [9.17, 15) is 4.79 Å². The molecule has 0 bridgehead atoms. The van der Waals surface area contributed by atoms with E-state index in [0.29, 0.717) is 6.61 Å². The van der Waals surface area contributed by atoms with Crippen molar-refractivity contribution in [3.05, 3.63) is 40.9 Å². The average Bonchev–Trinajstić information content (AvgIpc) is 2.59. The molecule has 3 rings (SSSR count). The van der Waals surface area contributed by atoms with E-state index in [0.717, 1.165) is 11.3 Å². The minimum atomic E-state index is -0.266. The molecule has 0 saturated heterocycles. The van der Waals surface area contributed by atoms with Crippen LogP contribution in [0.1, 0.15) is 5.69 Å². The minimum Gasteiger partial charge on any atom is -0.493 e. The monoisotopic (exact) mass is 189 g/mol. The highest BCUT2D eigenvalue weighted by Gasteiger charge is 2.10. The van der Waals surface area contributed by atoms with Gasteiger partial charge in [0.1, 0.15) is 18.5 Å². The van der Waals surface area contributed by atoms with Crippen molar-refractivity contribution in [1.82, 2.24) is 14.0 Å². The quantitative estimate of drug-likeness (QED) is 0.604. The highest BCUT2D eigenvalue weighted by molar-refractivity contribution is 5.49. The van der Waals surface area contributed by atoms with Crippen LogP contribution in [0.2, 0.25) is 0 Å². The maximum absolute atomic E-state index is 11.4. The van der Waals surface area contributed by atoms with Crippen molar-refractivity contribution in [3.8, 4) is 0 Å². The lowest BCUT2D eigenvalue weighted by Gasteiger charge is -2.08. The standard InChI is InChI=1S/C9H7N3O2/c13-9-10-2-1-8-11-3-4-14-6-7(11)5-12(8)9/h1-5H,6H2. The van der Waals surface area contributed by atoms with Crippen LogP contribution in [-0.2, 0) is 11.3 Å². The molecule has 5 nitrogen and oxygen atoms in total. The molecule has 0 atom stereocenters. The topological polar surface area (TPSA) is 48.5 Å². The minimum absolute atomic E-state index is 0.266. The fourth-order valence-electron chi connectivity index (χ4n) is 1.60. The van der Waals surface area contributed by atoms with Crippen molar-refractivity contribution >= 4 is 11.8 Å². The summed E-state index contributed by atoms with van der Waals surface area (Å²) in [6.45, 7) is 0.484. The van der Waals surface area contributed by atoms with Gasteiger partial charge in [-0.05, 0) is 6.07 Å². The fraction of sp³-hybridized carbons (Fsp3) is 0.111. The number of aromatic nitrogens is 3. The molecule has 5 heteroatoms. The molecule has 0 aromatic carbocycles. The van der Waals surface area contributed by atoms with Crippen LogP contribution in [0.5, 0.6) is 0 Å². The molecule has 0 unspecified atom stereocenters. The third kappa shape index (κ3) is 0.834. The van der Waals surface area contributed by atoms with Gasteiger partial charge >= 0.3 is 5.69 Å². The first-order valence-electron chi connectivity index (χ1n) is 4.22. The summed E-state index contributed by atoms with van der Waals surface area (Å²) >= 11 is 0. The average molecular weight is 189 g/mol. The van der Waals surface area contributed by atoms with E-state index in [1.54, 1.807) is 24.7 Å². The second kappa shape index (κ2) is 2.47. The summed E-state index contributed by atoms with van der Waals surface area (Å²) in [6.07, 6.45) is 6.65. The van der Waals surface area contributed by atoms with Gasteiger partial charge in [0.2, 0.25) is 0 Å². The lowest BCUT2D eigenvalue weighted by atomic mass is 10.5. The van der Waals surface area contributed by atoms with Crippen LogP contribution in [0.25, 0.3) is 11.8 Å². The number of hydrogen-bond donors (Lipinski definition) is 0. The summed E-state index contributed by atoms with van der Waals surface area (Å²) in [5.41, 5.74) is 1.48. The SMILES string of the molecule is O=c1nccc2n3c(cn12)COC=C3. The Morgan fingerprint density at radius 3 is 3.36 bits per heavy atom. The van der Waals surface area contributed by atoms with Crippen molar-refractivity contribution < 1.29 is 4.74 Å². The molecule has 2 aromatic rings. The van der Waals surface area contributed by atoms with Crippen molar-refractivity contribution in [2.24, 2.45) is 0 Å². The molecule has 0 radical (unpaired) electrons. The summed E-state index contributed by atoms with van der Waals surface area (Å²) in [4.78, 5) is 15.1. The molecule has 2 aromatic heterocycles. The van der Waals surface area contributed by atoms with Crippen LogP contribution in [0.3, 0.4) is 0 Å². The zero-order chi connectivity index (χ0) is 9.54. The molecule has 70 valence electrons. The Kier molecular flexibility index (Phi) is 1.30. The molecule has 0 aliphatic carbocycles. The molecule has 1 aliphatic rings. The van der Waals surface area contributed by atoms with E-state index in [4.69, 9.17) is 4.74 Å². The number of hydrogen-bond acceptors (Lipinski definition) is 3. The van der Waals surface area contributed by atoms with Gasteiger partial charge in [0.05, 0.1) is 5.69 Å². The number of fused-ring (bicyclic) bond motifs is 3. The number of imidazole rings is 1. The van der Waals surface area contributed by atoms with E-state index in [1.807, 2.05) is 4.57 Å². The number of rotatable bonds is 0. The van der Waals surface area contributed by atoms with Gasteiger partial charge in [-0.25, -0.2) is 9.78 Å². The zero-order valence-corrected chi connectivity index (χ0v) is 7.25. The fourth-order valence-corrected chi connectivity index (χ4v) is 1.60. The van der Waals surface area contributed by atoms with Crippen LogP contribution in [0.4, 0.5) is 0 Å². The first-order valence-corrected chi connectivity index (χ1v) is 4.22. The van der Waals surface area contributed by atoms with Crippen molar-refractivity contribution in [2.75, 3.05) is 0 Å². The highest BCUT2D eigenvalue weighted by Crippen LogP contribution is 2.14. The Balaban J connectivity index is 2.49. The second-order valence-corrected chi connectivity index (χ2v) is 3.04. The summed E-state index contributed by atoms with van der Waals surface area (Å²) in [7, 11) is 0. The van der Waals surface area contributed by atoms with Crippen molar-refractivity contribution in [2.45, 2.75) is 6.61 Å². The Bertz CT molecular complexity index is 579. The normalized spacial score (nSPS) is 14.0. The maximum Gasteiger partial charge on any atom is 0.353 e. The maximum atomic E-state index is 11.4. The molecule has 1 aliphatic heterocycles. The Morgan fingerprint density at radius 1 is 1.50 bits per heavy atom. The summed E-state index contributed by atoms with van der Waals surface area (Å²) < 4.78 is 8.55. The van der Waals surface area contributed by atoms with Gasteiger partial charge in [-0.1, -0.05) is 0 Å². The first-order chi connectivity index (χ1) is 6.86. The Hall–Kier alpha value is -2.04. The van der Waals surface area contributed by atoms with Gasteiger partial charge in [-0.2, -0.15) is 0 Å². The third-order valence-electron chi connectivity index (χ3n) is 2.23. The van der Waals surface area contributed by atoms with E-state index >= 15 is 0 Å². The summed E-state index contributed by atoms with van der Waals surface area (Å²) in [5.74, 6) is 0. The molecule has 14 heavy (non-hydrogen) atoms. The van der Waals surface area contributed by atoms with Gasteiger partial charge in [-0.3, -0.25) is 8.97 Å². The van der Waals surface area contributed by atoms with Crippen LogP contribution in [0.15, 0.2) is 29.5 Å². The van der Waals surface area contributed by atoms with Crippen LogP contribution in [-0.4, -0.2) is 14.0 Å². The van der Waals surface area contributed by atoms with Crippen LogP contribution < -0.4 is 5.69 Å². The van der Waals surface area contributed by atoms with Gasteiger partial charge in [0, 0.05) is 18.6 Å². The molecular formula is C9H7N3O2. The van der Waals surface area contributed by atoms with E-state index < -0.39 is 0 Å². The molecule has 0 amide bonds. The number of ether oxygens (including phenoxy) is 1. The molecular weight excluding hydrogens is 182 g/mol. The Labute approximate surface area is 78.9 Å².